The number of aliphatic imine (C=N–C) groups is 1. The summed E-state index contributed by atoms with van der Waals surface area (Å²) < 4.78 is 59.9. The monoisotopic (exact) mass is 919 g/mol. The number of hydrogen-bond acceptors (Lipinski definition) is 13. The Balaban J connectivity index is 0.000000191. The van der Waals surface area contributed by atoms with Gasteiger partial charge in [0.15, 0.2) is 23.1 Å². The molecule has 64 heavy (non-hydrogen) atoms. The van der Waals surface area contributed by atoms with Gasteiger partial charge in [-0.1, -0.05) is 27.1 Å². The van der Waals surface area contributed by atoms with Gasteiger partial charge in [-0.2, -0.15) is 5.10 Å². The molecular weight excluding hydrogens is 860 g/mol. The first-order chi connectivity index (χ1) is 29.8. The molecule has 5 aliphatic rings. The number of anilines is 2. The molecule has 0 N–H and O–H groups in total. The van der Waals surface area contributed by atoms with E-state index in [1.165, 1.54) is 12.1 Å². The van der Waals surface area contributed by atoms with Crippen molar-refractivity contribution in [2.45, 2.75) is 97.1 Å². The van der Waals surface area contributed by atoms with Crippen molar-refractivity contribution in [1.82, 2.24) is 29.7 Å². The number of halogens is 3. The van der Waals surface area contributed by atoms with Crippen molar-refractivity contribution in [2.75, 3.05) is 69.0 Å². The Hall–Kier alpha value is -4.81. The molecule has 0 unspecified atom stereocenters. The highest BCUT2D eigenvalue weighted by molar-refractivity contribution is 6.76. The van der Waals surface area contributed by atoms with E-state index in [2.05, 4.69) is 54.4 Å². The summed E-state index contributed by atoms with van der Waals surface area (Å²) in [6, 6.07) is 11.5. The van der Waals surface area contributed by atoms with Crippen LogP contribution in [0.5, 0.6) is 11.5 Å². The molecule has 0 spiro atoms. The van der Waals surface area contributed by atoms with Crippen molar-refractivity contribution in [1.29, 1.82) is 0 Å². The summed E-state index contributed by atoms with van der Waals surface area (Å²) in [4.78, 5) is 26.9. The van der Waals surface area contributed by atoms with Crippen LogP contribution in [0.1, 0.15) is 63.8 Å². The Morgan fingerprint density at radius 2 is 1.27 bits per heavy atom. The van der Waals surface area contributed by atoms with E-state index in [0.717, 1.165) is 103 Å². The fourth-order valence-electron chi connectivity index (χ4n) is 7.57. The smallest absolute Gasteiger partial charge is 0.167 e. The minimum atomic E-state index is -1.22. The molecule has 2 saturated heterocycles. The van der Waals surface area contributed by atoms with E-state index in [4.69, 9.17) is 28.8 Å². The highest BCUT2D eigenvalue weighted by atomic mass is 35.5. The predicted octanol–water partition coefficient (Wildman–Crippen LogP) is 8.51. The van der Waals surface area contributed by atoms with Gasteiger partial charge in [-0.15, -0.1) is 12.4 Å². The predicted molar refractivity (Wildman–Crippen MR) is 249 cm³/mol. The van der Waals surface area contributed by atoms with Crippen molar-refractivity contribution >= 4 is 48.7 Å². The third kappa shape index (κ3) is 11.0. The Labute approximate surface area is 381 Å². The lowest BCUT2D eigenvalue weighted by Crippen LogP contribution is -2.36. The zero-order valence-corrected chi connectivity index (χ0v) is 38.5. The number of aromatic nitrogens is 6. The zero-order chi connectivity index (χ0) is 43.1. The molecule has 18 heteroatoms. The summed E-state index contributed by atoms with van der Waals surface area (Å²) in [5.41, 5.74) is 4.79. The molecule has 14 nitrogen and oxygen atoms in total. The first-order valence-electron chi connectivity index (χ1n) is 21.7. The van der Waals surface area contributed by atoms with E-state index in [1.54, 1.807) is 29.5 Å². The van der Waals surface area contributed by atoms with E-state index < -0.39 is 13.9 Å². The maximum Gasteiger partial charge on any atom is 0.167 e. The molecule has 10 rings (SSSR count). The lowest BCUT2D eigenvalue weighted by atomic mass is 10.0. The Bertz CT molecular complexity index is 2470. The molecule has 0 atom stereocenters. The van der Waals surface area contributed by atoms with Crippen molar-refractivity contribution in [3.63, 3.8) is 0 Å². The molecule has 4 fully saturated rings. The molecule has 0 bridgehead atoms. The zero-order valence-electron chi connectivity index (χ0n) is 36.7. The molecule has 6 heterocycles. The van der Waals surface area contributed by atoms with Crippen LogP contribution in [0.25, 0.3) is 22.3 Å². The topological polar surface area (TPSA) is 134 Å². The second-order valence-electron chi connectivity index (χ2n) is 18.4. The number of nitrogens with zero attached hydrogens (tertiary/aromatic N) is 9. The number of hydrogen-bond donors (Lipinski definition) is 0. The van der Waals surface area contributed by atoms with Crippen LogP contribution in [0.4, 0.5) is 20.4 Å². The summed E-state index contributed by atoms with van der Waals surface area (Å²) in [7, 11) is -1.22. The van der Waals surface area contributed by atoms with Crippen LogP contribution in [-0.2, 0) is 27.5 Å². The molecular formula is C46H60ClF2N9O5Si. The summed E-state index contributed by atoms with van der Waals surface area (Å²) in [6.07, 6.45) is 6.90. The van der Waals surface area contributed by atoms with Crippen LogP contribution >= 0.6 is 12.4 Å². The minimum absolute atomic E-state index is 0. The number of rotatable bonds is 13. The number of fused-ring (bicyclic) bond motifs is 2. The van der Waals surface area contributed by atoms with Crippen LogP contribution in [-0.4, -0.2) is 114 Å². The second-order valence-corrected chi connectivity index (χ2v) is 24.0. The van der Waals surface area contributed by atoms with Gasteiger partial charge in [0.25, 0.3) is 0 Å². The fourth-order valence-corrected chi connectivity index (χ4v) is 8.33. The van der Waals surface area contributed by atoms with Gasteiger partial charge < -0.3 is 33.5 Å². The number of benzene rings is 2. The lowest BCUT2D eigenvalue weighted by Gasteiger charge is -2.27. The normalized spacial score (nSPS) is 18.2. The molecule has 2 aliphatic carbocycles. The van der Waals surface area contributed by atoms with Crippen molar-refractivity contribution in [3.8, 4) is 22.9 Å². The largest absolute Gasteiger partial charge is 0.484 e. The molecule has 2 saturated carbocycles. The Morgan fingerprint density at radius 1 is 0.719 bits per heavy atom. The maximum absolute atomic E-state index is 14.9. The van der Waals surface area contributed by atoms with Gasteiger partial charge in [-0.05, 0) is 69.3 Å². The molecule has 2 aromatic carbocycles. The van der Waals surface area contributed by atoms with Crippen LogP contribution in [0.2, 0.25) is 25.7 Å². The Morgan fingerprint density at radius 3 is 1.84 bits per heavy atom. The van der Waals surface area contributed by atoms with Crippen LogP contribution in [0.15, 0.2) is 54.0 Å². The van der Waals surface area contributed by atoms with E-state index in [9.17, 15) is 8.78 Å². The minimum Gasteiger partial charge on any atom is -0.484 e. The average molecular weight is 921 g/mol. The molecule has 344 valence electrons. The van der Waals surface area contributed by atoms with Gasteiger partial charge in [0.2, 0.25) is 0 Å². The summed E-state index contributed by atoms with van der Waals surface area (Å²) in [6.45, 7) is 18.3. The lowest BCUT2D eigenvalue weighted by molar-refractivity contribution is 0.0802. The number of morpholine rings is 2. The Kier molecular flexibility index (Phi) is 14.3. The average Bonchev–Trinajstić information content (AvgIpc) is 4.10. The van der Waals surface area contributed by atoms with E-state index in [0.29, 0.717) is 56.5 Å². The van der Waals surface area contributed by atoms with Crippen LogP contribution in [0.3, 0.4) is 0 Å². The van der Waals surface area contributed by atoms with Gasteiger partial charge in [0.1, 0.15) is 42.2 Å². The molecule has 3 aliphatic heterocycles. The summed E-state index contributed by atoms with van der Waals surface area (Å²) >= 11 is 0. The molecule has 0 radical (unpaired) electrons. The van der Waals surface area contributed by atoms with Gasteiger partial charge in [0, 0.05) is 70.0 Å². The molecule has 3 aromatic heterocycles. The standard InChI is InChI=1S/C25H34FN5O3Si.C20H21FN4O2.CH4.ClH/c1-25(5-6-25)34-22-13-18-20(14-19(22)26)29-31(17-33-11-12-35(2,3)4)24(18)21-15-23(28-16-27-21)30-7-9-32-10-8-30;1-20(2-3-20)27-17-9-14-13(8-15(17)21)11-22-19(14)16-10-18(24-12-23-16)25-4-6-26-7-5-25;;/h13-16H,5-12,17H2,1-4H3;8-10,12H,2-7,11H2,1H3;1H4;1H. The fraction of sp³-hybridized carbons (Fsp3) is 0.522. The SMILES string of the molecule is C.CC1(Oc2cc3c(-c4cc(N5CCOCC5)ncn4)n(COCC[Si](C)(C)C)nc3cc2F)CC1.CC1(Oc2cc3c(cc2F)CN=C3c2cc(N3CCOCC3)ncn2)CC1.Cl. The van der Waals surface area contributed by atoms with Crippen molar-refractivity contribution in [2.24, 2.45) is 4.99 Å². The quantitative estimate of drug-likeness (QED) is 0.0828. The van der Waals surface area contributed by atoms with Crippen LogP contribution in [0, 0.1) is 11.6 Å². The third-order valence-corrected chi connectivity index (χ3v) is 13.6. The van der Waals surface area contributed by atoms with Gasteiger partial charge in [0.05, 0.1) is 61.3 Å². The van der Waals surface area contributed by atoms with E-state index >= 15 is 0 Å². The molecule has 5 aromatic rings. The van der Waals surface area contributed by atoms with E-state index in [-0.39, 0.29) is 49.3 Å². The first kappa shape index (κ1) is 47.2. The second kappa shape index (κ2) is 19.3. The first-order valence-corrected chi connectivity index (χ1v) is 25.4. The molecule has 0 amide bonds. The third-order valence-electron chi connectivity index (χ3n) is 11.9. The van der Waals surface area contributed by atoms with Crippen molar-refractivity contribution < 1.29 is 32.5 Å². The van der Waals surface area contributed by atoms with Gasteiger partial charge in [-0.25, -0.2) is 33.4 Å². The van der Waals surface area contributed by atoms with E-state index in [1.807, 2.05) is 26.0 Å². The number of ether oxygens (including phenoxy) is 5. The van der Waals surface area contributed by atoms with Crippen molar-refractivity contribution in [3.05, 3.63) is 77.5 Å². The highest BCUT2D eigenvalue weighted by Gasteiger charge is 2.42. The van der Waals surface area contributed by atoms with Crippen LogP contribution < -0.4 is 19.3 Å². The maximum atomic E-state index is 14.9. The summed E-state index contributed by atoms with van der Waals surface area (Å²) in [5, 5.41) is 5.48. The highest BCUT2D eigenvalue weighted by Crippen LogP contribution is 2.43. The summed E-state index contributed by atoms with van der Waals surface area (Å²) in [5.74, 6) is 1.52. The van der Waals surface area contributed by atoms with Gasteiger partial charge >= 0.3 is 0 Å². The van der Waals surface area contributed by atoms with Gasteiger partial charge in [-0.3, -0.25) is 4.99 Å².